The Labute approximate surface area is 161 Å². The van der Waals surface area contributed by atoms with Gasteiger partial charge in [0.2, 0.25) is 5.91 Å². The van der Waals surface area contributed by atoms with Crippen LogP contribution in [0.1, 0.15) is 51.6 Å². The van der Waals surface area contributed by atoms with E-state index in [4.69, 9.17) is 0 Å². The molecule has 2 aromatic rings. The lowest BCUT2D eigenvalue weighted by atomic mass is 9.78. The van der Waals surface area contributed by atoms with Gasteiger partial charge in [-0.25, -0.2) is 4.98 Å². The van der Waals surface area contributed by atoms with E-state index in [-0.39, 0.29) is 23.0 Å². The van der Waals surface area contributed by atoms with E-state index in [2.05, 4.69) is 15.6 Å². The fraction of sp³-hybridized carbons (Fsp3) is 0.300. The van der Waals surface area contributed by atoms with Crippen molar-refractivity contribution in [2.24, 2.45) is 5.41 Å². The zero-order valence-electron chi connectivity index (χ0n) is 15.5. The highest BCUT2D eigenvalue weighted by Crippen LogP contribution is 2.38. The van der Waals surface area contributed by atoms with E-state index in [0.717, 1.165) is 17.7 Å². The summed E-state index contributed by atoms with van der Waals surface area (Å²) in [6.45, 7) is 4.09. The molecule has 1 heterocycles. The van der Waals surface area contributed by atoms with Crippen LogP contribution in [0.5, 0.6) is 0 Å². The number of carbonyl (C=O) groups excluding carboxylic acids is 3. The molecule has 0 unspecified atom stereocenters. The third kappa shape index (κ3) is 4.49. The molecule has 2 amide bonds. The highest BCUT2D eigenvalue weighted by atomic mass is 32.1. The van der Waals surface area contributed by atoms with Crippen molar-refractivity contribution in [1.82, 2.24) is 10.3 Å². The van der Waals surface area contributed by atoms with Crippen LogP contribution in [-0.2, 0) is 11.2 Å². The number of anilines is 1. The predicted molar refractivity (Wildman–Crippen MR) is 106 cm³/mol. The van der Waals surface area contributed by atoms with E-state index in [1.807, 2.05) is 13.8 Å². The Hall–Kier alpha value is -2.80. The Kier molecular flexibility index (Phi) is 5.23. The molecule has 6 nitrogen and oxygen atoms in total. The molecule has 1 aromatic carbocycles. The number of Topliss-reactive ketones (excluding diaryl/α,β-unsaturated/α-hetero) is 1. The van der Waals surface area contributed by atoms with Crippen LogP contribution in [0, 0.1) is 5.41 Å². The van der Waals surface area contributed by atoms with Crippen LogP contribution >= 0.6 is 11.3 Å². The first-order valence-electron chi connectivity index (χ1n) is 8.61. The molecule has 0 aliphatic heterocycles. The summed E-state index contributed by atoms with van der Waals surface area (Å²) in [6.07, 6.45) is 4.29. The van der Waals surface area contributed by atoms with Gasteiger partial charge in [-0.3, -0.25) is 19.7 Å². The molecule has 3 rings (SSSR count). The quantitative estimate of drug-likeness (QED) is 0.793. The number of hydrogen-bond donors (Lipinski definition) is 2. The van der Waals surface area contributed by atoms with Gasteiger partial charge in [0.25, 0.3) is 5.91 Å². The number of aromatic nitrogens is 1. The second kappa shape index (κ2) is 7.44. The summed E-state index contributed by atoms with van der Waals surface area (Å²) in [5.41, 5.74) is 2.03. The summed E-state index contributed by atoms with van der Waals surface area (Å²) in [7, 11) is 1.57. The first kappa shape index (κ1) is 19.0. The molecule has 0 atom stereocenters. The Morgan fingerprint density at radius 1 is 1.19 bits per heavy atom. The Bertz CT molecular complexity index is 926. The third-order valence-corrected chi connectivity index (χ3v) is 5.35. The summed E-state index contributed by atoms with van der Waals surface area (Å²) in [5, 5.41) is 5.72. The van der Waals surface area contributed by atoms with E-state index < -0.39 is 0 Å². The smallest absolute Gasteiger partial charge is 0.251 e. The van der Waals surface area contributed by atoms with Gasteiger partial charge in [-0.15, -0.1) is 0 Å². The van der Waals surface area contributed by atoms with Gasteiger partial charge in [-0.2, -0.15) is 0 Å². The van der Waals surface area contributed by atoms with E-state index in [9.17, 15) is 14.4 Å². The molecule has 0 bridgehead atoms. The van der Waals surface area contributed by atoms with Gasteiger partial charge < -0.3 is 5.32 Å². The molecule has 0 fully saturated rings. The molecule has 1 aliphatic carbocycles. The van der Waals surface area contributed by atoms with E-state index in [1.165, 1.54) is 17.4 Å². The van der Waals surface area contributed by atoms with Gasteiger partial charge >= 0.3 is 0 Å². The maximum Gasteiger partial charge on any atom is 0.251 e. The van der Waals surface area contributed by atoms with Crippen LogP contribution in [0.4, 0.5) is 5.13 Å². The molecular weight excluding hydrogens is 362 g/mol. The lowest BCUT2D eigenvalue weighted by molar-refractivity contribution is -0.111. The average Bonchev–Trinajstić information content (AvgIpc) is 3.01. The second-order valence-corrected chi connectivity index (χ2v) is 8.26. The second-order valence-electron chi connectivity index (χ2n) is 7.26. The zero-order valence-corrected chi connectivity index (χ0v) is 16.3. The van der Waals surface area contributed by atoms with Gasteiger partial charge in [0.05, 0.1) is 10.6 Å². The molecular formula is C20H21N3O3S. The molecule has 0 saturated carbocycles. The maximum absolute atomic E-state index is 12.2. The van der Waals surface area contributed by atoms with Crippen LogP contribution in [0.15, 0.2) is 30.3 Å². The minimum Gasteiger partial charge on any atom is -0.355 e. The number of thiazole rings is 1. The largest absolute Gasteiger partial charge is 0.355 e. The highest BCUT2D eigenvalue weighted by molar-refractivity contribution is 7.17. The number of ketones is 1. The molecule has 7 heteroatoms. The van der Waals surface area contributed by atoms with Crippen LogP contribution in [-0.4, -0.2) is 29.6 Å². The van der Waals surface area contributed by atoms with Crippen molar-refractivity contribution >= 4 is 40.1 Å². The minimum atomic E-state index is -0.316. The standard InChI is InChI=1S/C20H21N3O3S/c1-20(2)10-14-17(15(24)11-20)27-19(22-14)23-16(25)9-6-12-4-7-13(8-5-12)18(26)21-3/h4-9H,10-11H2,1-3H3,(H,21,26)(H,22,23,25)/b9-6+. The van der Waals surface area contributed by atoms with Crippen molar-refractivity contribution in [1.29, 1.82) is 0 Å². The monoisotopic (exact) mass is 383 g/mol. The SMILES string of the molecule is CNC(=O)c1ccc(/C=C/C(=O)Nc2nc3c(s2)C(=O)CC(C)(C)C3)cc1. The summed E-state index contributed by atoms with van der Waals surface area (Å²) in [4.78, 5) is 41.0. The summed E-state index contributed by atoms with van der Waals surface area (Å²) < 4.78 is 0. The number of hydrogen-bond acceptors (Lipinski definition) is 5. The van der Waals surface area contributed by atoms with Gasteiger partial charge in [0.1, 0.15) is 0 Å². The average molecular weight is 383 g/mol. The summed E-state index contributed by atoms with van der Waals surface area (Å²) in [5.74, 6) is -0.386. The van der Waals surface area contributed by atoms with Crippen LogP contribution in [0.25, 0.3) is 6.08 Å². The fourth-order valence-electron chi connectivity index (χ4n) is 2.98. The van der Waals surface area contributed by atoms with Crippen LogP contribution in [0.2, 0.25) is 0 Å². The highest BCUT2D eigenvalue weighted by Gasteiger charge is 2.33. The Morgan fingerprint density at radius 2 is 1.89 bits per heavy atom. The molecule has 2 N–H and O–H groups in total. The van der Waals surface area contributed by atoms with Crippen molar-refractivity contribution in [3.63, 3.8) is 0 Å². The van der Waals surface area contributed by atoms with E-state index in [0.29, 0.717) is 22.0 Å². The van der Waals surface area contributed by atoms with Crippen molar-refractivity contribution in [3.05, 3.63) is 52.0 Å². The third-order valence-electron chi connectivity index (χ3n) is 4.29. The van der Waals surface area contributed by atoms with Crippen molar-refractivity contribution in [2.45, 2.75) is 26.7 Å². The molecule has 140 valence electrons. The number of carbonyl (C=O) groups is 3. The normalized spacial score (nSPS) is 15.4. The molecule has 0 spiro atoms. The van der Waals surface area contributed by atoms with Crippen molar-refractivity contribution in [3.8, 4) is 0 Å². The van der Waals surface area contributed by atoms with Gasteiger partial charge in [0, 0.05) is 25.1 Å². The summed E-state index contributed by atoms with van der Waals surface area (Å²) in [6, 6.07) is 6.91. The zero-order chi connectivity index (χ0) is 19.6. The lowest BCUT2D eigenvalue weighted by Crippen LogP contribution is -2.26. The number of nitrogens with zero attached hydrogens (tertiary/aromatic N) is 1. The van der Waals surface area contributed by atoms with Gasteiger partial charge in [0.15, 0.2) is 10.9 Å². The van der Waals surface area contributed by atoms with Crippen molar-refractivity contribution < 1.29 is 14.4 Å². The first-order chi connectivity index (χ1) is 12.8. The number of amides is 2. The van der Waals surface area contributed by atoms with E-state index in [1.54, 1.807) is 37.4 Å². The topological polar surface area (TPSA) is 88.2 Å². The number of benzene rings is 1. The number of nitrogens with one attached hydrogen (secondary N) is 2. The molecule has 0 saturated heterocycles. The number of rotatable bonds is 4. The number of fused-ring (bicyclic) bond motifs is 1. The van der Waals surface area contributed by atoms with Crippen LogP contribution in [0.3, 0.4) is 0 Å². The minimum absolute atomic E-state index is 0.0889. The first-order valence-corrected chi connectivity index (χ1v) is 9.43. The fourth-order valence-corrected chi connectivity index (χ4v) is 3.90. The molecule has 27 heavy (non-hydrogen) atoms. The van der Waals surface area contributed by atoms with Crippen molar-refractivity contribution in [2.75, 3.05) is 12.4 Å². The lowest BCUT2D eigenvalue weighted by Gasteiger charge is -2.26. The van der Waals surface area contributed by atoms with Gasteiger partial charge in [-0.1, -0.05) is 37.3 Å². The Balaban J connectivity index is 1.65. The van der Waals surface area contributed by atoms with Crippen LogP contribution < -0.4 is 10.6 Å². The molecule has 0 radical (unpaired) electrons. The molecule has 1 aromatic heterocycles. The Morgan fingerprint density at radius 3 is 2.56 bits per heavy atom. The predicted octanol–water partition coefficient (Wildman–Crippen LogP) is 3.31. The van der Waals surface area contributed by atoms with Gasteiger partial charge in [-0.05, 0) is 35.6 Å². The summed E-state index contributed by atoms with van der Waals surface area (Å²) >= 11 is 1.23. The maximum atomic E-state index is 12.2. The molecule has 1 aliphatic rings. The van der Waals surface area contributed by atoms with E-state index >= 15 is 0 Å².